The Morgan fingerprint density at radius 2 is 0.521 bits per heavy atom. The lowest BCUT2D eigenvalue weighted by molar-refractivity contribution is 1.57. The van der Waals surface area contributed by atoms with Gasteiger partial charge < -0.3 is 0 Å². The molecule has 0 saturated carbocycles. The third kappa shape index (κ3) is 8.39. The van der Waals surface area contributed by atoms with Gasteiger partial charge in [-0.25, -0.2) is 0 Å². The molecule has 20 rings (SSSR count). The van der Waals surface area contributed by atoms with Gasteiger partial charge in [-0.05, 0) is 177 Å². The molecule has 0 aliphatic carbocycles. The van der Waals surface area contributed by atoms with Crippen LogP contribution >= 0.6 is 22.7 Å². The molecular formula is C94H56S2. The van der Waals surface area contributed by atoms with Gasteiger partial charge in [0.2, 0.25) is 0 Å². The predicted octanol–water partition coefficient (Wildman–Crippen LogP) is 27.8. The summed E-state index contributed by atoms with van der Waals surface area (Å²) in [5.41, 5.74) is 19.7. The van der Waals surface area contributed by atoms with Crippen molar-refractivity contribution in [1.29, 1.82) is 0 Å². The highest BCUT2D eigenvalue weighted by Crippen LogP contribution is 2.54. The average molecular weight is 1250 g/mol. The smallest absolute Gasteiger partial charge is 0.0440 e. The summed E-state index contributed by atoms with van der Waals surface area (Å²) in [4.78, 5) is 0. The summed E-state index contributed by atoms with van der Waals surface area (Å²) < 4.78 is 5.26. The molecule has 0 radical (unpaired) electrons. The van der Waals surface area contributed by atoms with Crippen LogP contribution in [0.4, 0.5) is 0 Å². The second kappa shape index (κ2) is 21.9. The number of thiophene rings is 2. The zero-order valence-electron chi connectivity index (χ0n) is 52.1. The molecule has 20 aromatic rings. The summed E-state index contributed by atoms with van der Waals surface area (Å²) in [5, 5.41) is 22.8. The van der Waals surface area contributed by atoms with Crippen LogP contribution < -0.4 is 0 Å². The van der Waals surface area contributed by atoms with Gasteiger partial charge in [-0.3, -0.25) is 0 Å². The van der Waals surface area contributed by atoms with E-state index in [1.54, 1.807) is 0 Å². The standard InChI is InChI=1S/C94H56S2/c1-3-22-57(23-4-1)64-52-54-79(70-31-12-11-30-69(64)70)87-75-36-17-19-38-77(75)89(78-39-20-18-37-76(78)87)81-55-53-68(94-91(81)83-51-47-60-27-8-10-29-67(60)93(83)96-94)62-44-42-61(43-45-62)65-49-48-63(56-84(65)58-24-5-2-6-25-58)86-71-32-13-15-34-73(71)88(74-35-16-14-33-72(74)86)80-40-21-41-85-90(80)82-50-46-59-26-7-9-28-66(59)92(82)95-85/h1-56H. The molecule has 0 amide bonds. The van der Waals surface area contributed by atoms with Gasteiger partial charge in [0.25, 0.3) is 0 Å². The van der Waals surface area contributed by atoms with Crippen LogP contribution in [0.1, 0.15) is 0 Å². The summed E-state index contributed by atoms with van der Waals surface area (Å²) >= 11 is 3.85. The predicted molar refractivity (Wildman–Crippen MR) is 418 cm³/mol. The maximum Gasteiger partial charge on any atom is 0.0440 e. The topological polar surface area (TPSA) is 0 Å². The van der Waals surface area contributed by atoms with Crippen LogP contribution in [0.5, 0.6) is 0 Å². The van der Waals surface area contributed by atoms with Gasteiger partial charge in [0, 0.05) is 40.3 Å². The van der Waals surface area contributed by atoms with Crippen molar-refractivity contribution in [3.8, 4) is 89.0 Å². The normalized spacial score (nSPS) is 12.0. The van der Waals surface area contributed by atoms with E-state index >= 15 is 0 Å². The Hall–Kier alpha value is -11.8. The van der Waals surface area contributed by atoms with Gasteiger partial charge in [-0.15, -0.1) is 22.7 Å². The molecule has 0 nitrogen and oxygen atoms in total. The first-order valence-corrected chi connectivity index (χ1v) is 34.8. The quantitative estimate of drug-likeness (QED) is 0.133. The molecule has 444 valence electrons. The highest BCUT2D eigenvalue weighted by atomic mass is 32.1. The van der Waals surface area contributed by atoms with Crippen LogP contribution in [0.15, 0.2) is 340 Å². The Labute approximate surface area is 563 Å². The molecule has 0 atom stereocenters. The SMILES string of the molecule is c1ccc(-c2cc(-c3c4ccccc4c(-c4cccc5sc6c7ccccc7ccc6c45)c4ccccc34)ccc2-c2ccc(-c3ccc(-c4c5ccccc5c(-c5ccc(-c6ccccc6)c6ccccc56)c5ccccc45)c4c3sc3c5ccccc5ccc34)cc2)cc1. The van der Waals surface area contributed by atoms with E-state index in [-0.39, 0.29) is 0 Å². The number of benzene rings is 18. The Morgan fingerprint density at radius 1 is 0.156 bits per heavy atom. The lowest BCUT2D eigenvalue weighted by Gasteiger charge is -2.20. The zero-order valence-corrected chi connectivity index (χ0v) is 53.8. The van der Waals surface area contributed by atoms with Crippen molar-refractivity contribution in [2.24, 2.45) is 0 Å². The molecule has 0 aliphatic rings. The second-order valence-electron chi connectivity index (χ2n) is 25.5. The van der Waals surface area contributed by atoms with Crippen LogP contribution in [0.25, 0.3) is 205 Å². The highest BCUT2D eigenvalue weighted by Gasteiger charge is 2.26. The summed E-state index contributed by atoms with van der Waals surface area (Å²) in [6.45, 7) is 0. The first-order chi connectivity index (χ1) is 47.7. The Morgan fingerprint density at radius 3 is 1.07 bits per heavy atom. The number of hydrogen-bond donors (Lipinski definition) is 0. The second-order valence-corrected chi connectivity index (χ2v) is 27.6. The minimum absolute atomic E-state index is 1.17. The number of rotatable bonds is 8. The number of fused-ring (bicyclic) bond motifs is 15. The lowest BCUT2D eigenvalue weighted by Crippen LogP contribution is -1.93. The van der Waals surface area contributed by atoms with Crippen molar-refractivity contribution >= 4 is 138 Å². The molecule has 18 aromatic carbocycles. The fourth-order valence-corrected chi connectivity index (χ4v) is 18.9. The van der Waals surface area contributed by atoms with Crippen molar-refractivity contribution < 1.29 is 0 Å². The van der Waals surface area contributed by atoms with Gasteiger partial charge in [-0.1, -0.05) is 328 Å². The third-order valence-corrected chi connectivity index (χ3v) is 23.0. The molecule has 2 heterocycles. The fraction of sp³-hybridized carbons (Fsp3) is 0. The maximum absolute atomic E-state index is 2.46. The van der Waals surface area contributed by atoms with Crippen LogP contribution in [0, 0.1) is 0 Å². The van der Waals surface area contributed by atoms with Gasteiger partial charge >= 0.3 is 0 Å². The largest absolute Gasteiger partial charge is 0.135 e. The molecule has 2 aromatic heterocycles. The summed E-state index contributed by atoms with van der Waals surface area (Å²) in [7, 11) is 0. The first kappa shape index (κ1) is 54.7. The van der Waals surface area contributed by atoms with Crippen LogP contribution in [-0.4, -0.2) is 0 Å². The first-order valence-electron chi connectivity index (χ1n) is 33.1. The molecule has 0 spiro atoms. The van der Waals surface area contributed by atoms with E-state index in [9.17, 15) is 0 Å². The maximum atomic E-state index is 2.46. The van der Waals surface area contributed by atoms with E-state index in [1.165, 1.54) is 205 Å². The Balaban J connectivity index is 0.745. The van der Waals surface area contributed by atoms with Crippen LogP contribution in [0.3, 0.4) is 0 Å². The van der Waals surface area contributed by atoms with Gasteiger partial charge in [0.05, 0.1) is 0 Å². The highest BCUT2D eigenvalue weighted by molar-refractivity contribution is 7.27. The minimum Gasteiger partial charge on any atom is -0.135 e. The molecular weight excluding hydrogens is 1190 g/mol. The summed E-state index contributed by atoms with van der Waals surface area (Å²) in [5.74, 6) is 0. The van der Waals surface area contributed by atoms with E-state index in [4.69, 9.17) is 0 Å². The fourth-order valence-electron chi connectivity index (χ4n) is 16.3. The van der Waals surface area contributed by atoms with E-state index in [0.29, 0.717) is 0 Å². The van der Waals surface area contributed by atoms with Crippen LogP contribution in [-0.2, 0) is 0 Å². The molecule has 0 unspecified atom stereocenters. The lowest BCUT2D eigenvalue weighted by atomic mass is 9.82. The summed E-state index contributed by atoms with van der Waals surface area (Å²) in [6, 6.07) is 127. The van der Waals surface area contributed by atoms with E-state index in [1.807, 2.05) is 22.7 Å². The Bertz CT molecular complexity index is 6490. The molecule has 0 aliphatic heterocycles. The molecule has 0 saturated heterocycles. The molecule has 0 fully saturated rings. The van der Waals surface area contributed by atoms with Crippen molar-refractivity contribution in [3.63, 3.8) is 0 Å². The van der Waals surface area contributed by atoms with E-state index in [2.05, 4.69) is 340 Å². The Kier molecular flexibility index (Phi) is 12.5. The van der Waals surface area contributed by atoms with Gasteiger partial charge in [0.1, 0.15) is 0 Å². The van der Waals surface area contributed by atoms with E-state index < -0.39 is 0 Å². The molecule has 96 heavy (non-hydrogen) atoms. The van der Waals surface area contributed by atoms with Gasteiger partial charge in [0.15, 0.2) is 0 Å². The van der Waals surface area contributed by atoms with Gasteiger partial charge in [-0.2, -0.15) is 0 Å². The summed E-state index contributed by atoms with van der Waals surface area (Å²) in [6.07, 6.45) is 0. The minimum atomic E-state index is 1.17. The number of hydrogen-bond acceptors (Lipinski definition) is 2. The van der Waals surface area contributed by atoms with Crippen molar-refractivity contribution in [2.45, 2.75) is 0 Å². The molecule has 2 heteroatoms. The van der Waals surface area contributed by atoms with Crippen molar-refractivity contribution in [3.05, 3.63) is 340 Å². The third-order valence-electron chi connectivity index (χ3n) is 20.5. The zero-order chi connectivity index (χ0) is 63.0. The average Bonchev–Trinajstić information content (AvgIpc) is 1.72. The monoisotopic (exact) mass is 1250 g/mol. The molecule has 0 bridgehead atoms. The van der Waals surface area contributed by atoms with Crippen molar-refractivity contribution in [2.75, 3.05) is 0 Å². The van der Waals surface area contributed by atoms with Crippen LogP contribution in [0.2, 0.25) is 0 Å². The van der Waals surface area contributed by atoms with E-state index in [0.717, 1.165) is 0 Å². The molecule has 0 N–H and O–H groups in total. The van der Waals surface area contributed by atoms with Crippen molar-refractivity contribution in [1.82, 2.24) is 0 Å².